The Morgan fingerprint density at radius 1 is 1.48 bits per heavy atom. The average molecular weight is 364 g/mol. The fourth-order valence-corrected chi connectivity index (χ4v) is 3.27. The number of amides is 1. The summed E-state index contributed by atoms with van der Waals surface area (Å²) in [5.41, 5.74) is 1.24. The molecule has 2 heterocycles. The molecule has 1 saturated heterocycles. The second-order valence-corrected chi connectivity index (χ2v) is 6.94. The van der Waals surface area contributed by atoms with Crippen molar-refractivity contribution in [3.05, 3.63) is 52.4 Å². The van der Waals surface area contributed by atoms with E-state index in [1.54, 1.807) is 24.1 Å². The lowest BCUT2D eigenvalue weighted by Gasteiger charge is -2.28. The number of hydrogen-bond donors (Lipinski definition) is 1. The maximum atomic E-state index is 12.5. The van der Waals surface area contributed by atoms with Crippen LogP contribution in [0.2, 0.25) is 5.02 Å². The summed E-state index contributed by atoms with van der Waals surface area (Å²) in [6.45, 7) is 2.53. The smallest absolute Gasteiger partial charge is 0.276 e. The van der Waals surface area contributed by atoms with Crippen LogP contribution >= 0.6 is 11.6 Å². The molecule has 1 amide bonds. The van der Waals surface area contributed by atoms with Gasteiger partial charge in [0.25, 0.3) is 5.91 Å². The molecule has 1 atom stereocenters. The second-order valence-electron chi connectivity index (χ2n) is 6.50. The Bertz CT molecular complexity index is 734. The number of carbonyl (C=O) groups excluding carboxylic acids is 1. The topological polar surface area (TPSA) is 69.8 Å². The Labute approximate surface area is 152 Å². The van der Waals surface area contributed by atoms with Crippen molar-refractivity contribution in [1.82, 2.24) is 15.0 Å². The maximum absolute atomic E-state index is 12.5. The van der Waals surface area contributed by atoms with Gasteiger partial charge in [0.2, 0.25) is 0 Å². The van der Waals surface area contributed by atoms with E-state index in [4.69, 9.17) is 16.1 Å². The van der Waals surface area contributed by atoms with Gasteiger partial charge in [-0.15, -0.1) is 0 Å². The third-order valence-electron chi connectivity index (χ3n) is 4.29. The van der Waals surface area contributed by atoms with Gasteiger partial charge in [0.05, 0.1) is 12.6 Å². The first-order valence-corrected chi connectivity index (χ1v) is 8.75. The number of aliphatic hydroxyl groups is 1. The second kappa shape index (κ2) is 7.99. The molecule has 0 aliphatic carbocycles. The van der Waals surface area contributed by atoms with Crippen LogP contribution in [-0.4, -0.2) is 52.2 Å². The molecular formula is C18H22ClN3O3. The summed E-state index contributed by atoms with van der Waals surface area (Å²) in [4.78, 5) is 16.2. The van der Waals surface area contributed by atoms with Gasteiger partial charge in [-0.1, -0.05) is 28.9 Å². The summed E-state index contributed by atoms with van der Waals surface area (Å²) in [7, 11) is 1.72. The Morgan fingerprint density at radius 2 is 2.32 bits per heavy atom. The molecule has 1 aromatic carbocycles. The van der Waals surface area contributed by atoms with E-state index in [1.165, 1.54) is 0 Å². The van der Waals surface area contributed by atoms with E-state index in [0.29, 0.717) is 30.4 Å². The van der Waals surface area contributed by atoms with Crippen LogP contribution in [0.15, 0.2) is 34.9 Å². The quantitative estimate of drug-likeness (QED) is 0.884. The van der Waals surface area contributed by atoms with Gasteiger partial charge in [0.1, 0.15) is 0 Å². The number of aliphatic hydroxyl groups excluding tert-OH is 1. The van der Waals surface area contributed by atoms with Gasteiger partial charge in [0.15, 0.2) is 11.5 Å². The van der Waals surface area contributed by atoms with Crippen LogP contribution in [0.4, 0.5) is 0 Å². The lowest BCUT2D eigenvalue weighted by molar-refractivity contribution is 0.0622. The van der Waals surface area contributed by atoms with E-state index in [0.717, 1.165) is 24.9 Å². The molecule has 0 unspecified atom stereocenters. The first-order valence-electron chi connectivity index (χ1n) is 8.37. The molecular weight excluding hydrogens is 342 g/mol. The lowest BCUT2D eigenvalue weighted by atomic mass is 10.1. The Kier molecular flexibility index (Phi) is 5.73. The zero-order valence-electron chi connectivity index (χ0n) is 14.2. The highest BCUT2D eigenvalue weighted by Gasteiger charge is 2.21. The highest BCUT2D eigenvalue weighted by molar-refractivity contribution is 6.30. The number of hydrogen-bond acceptors (Lipinski definition) is 5. The zero-order valence-corrected chi connectivity index (χ0v) is 14.9. The fraction of sp³-hybridized carbons (Fsp3) is 0.444. The summed E-state index contributed by atoms with van der Waals surface area (Å²) < 4.78 is 5.30. The number of piperidine rings is 1. The summed E-state index contributed by atoms with van der Waals surface area (Å²) in [5.74, 6) is 0.433. The van der Waals surface area contributed by atoms with Crippen molar-refractivity contribution in [3.63, 3.8) is 0 Å². The summed E-state index contributed by atoms with van der Waals surface area (Å²) >= 11 is 5.98. The summed E-state index contributed by atoms with van der Waals surface area (Å²) in [5, 5.41) is 14.3. The van der Waals surface area contributed by atoms with E-state index in [1.807, 2.05) is 18.2 Å². The van der Waals surface area contributed by atoms with E-state index in [-0.39, 0.29) is 17.7 Å². The van der Waals surface area contributed by atoms with E-state index in [9.17, 15) is 9.90 Å². The molecule has 1 fully saturated rings. The minimum Gasteiger partial charge on any atom is -0.392 e. The first-order chi connectivity index (χ1) is 12.0. The number of benzene rings is 1. The predicted octanol–water partition coefficient (Wildman–Crippen LogP) is 2.56. The standard InChI is InChI=1S/C18H22ClN3O3/c1-21(10-13-4-2-5-14(19)8-13)18(24)17-9-16(25-20-17)12-22-7-3-6-15(23)11-22/h2,4-5,8-9,15,23H,3,6-7,10-12H2,1H3/t15-/m1/s1. The molecule has 0 radical (unpaired) electrons. The van der Waals surface area contributed by atoms with Crippen LogP contribution in [-0.2, 0) is 13.1 Å². The largest absolute Gasteiger partial charge is 0.392 e. The molecule has 134 valence electrons. The molecule has 7 heteroatoms. The van der Waals surface area contributed by atoms with Crippen LogP contribution in [0.1, 0.15) is 34.7 Å². The highest BCUT2D eigenvalue weighted by atomic mass is 35.5. The van der Waals surface area contributed by atoms with Gasteiger partial charge in [-0.3, -0.25) is 9.69 Å². The van der Waals surface area contributed by atoms with Crippen LogP contribution < -0.4 is 0 Å². The molecule has 1 aliphatic heterocycles. The molecule has 1 aliphatic rings. The van der Waals surface area contributed by atoms with E-state index in [2.05, 4.69) is 10.1 Å². The third kappa shape index (κ3) is 4.81. The molecule has 3 rings (SSSR count). The number of rotatable bonds is 5. The molecule has 6 nitrogen and oxygen atoms in total. The number of nitrogens with zero attached hydrogens (tertiary/aromatic N) is 3. The Morgan fingerprint density at radius 3 is 3.08 bits per heavy atom. The molecule has 0 spiro atoms. The third-order valence-corrected chi connectivity index (χ3v) is 4.53. The molecule has 25 heavy (non-hydrogen) atoms. The van der Waals surface area contributed by atoms with Crippen molar-refractivity contribution in [3.8, 4) is 0 Å². The minimum absolute atomic E-state index is 0.200. The number of halogens is 1. The monoisotopic (exact) mass is 363 g/mol. The van der Waals surface area contributed by atoms with Crippen LogP contribution in [0, 0.1) is 0 Å². The van der Waals surface area contributed by atoms with Crippen LogP contribution in [0.5, 0.6) is 0 Å². The van der Waals surface area contributed by atoms with Gasteiger partial charge >= 0.3 is 0 Å². The van der Waals surface area contributed by atoms with Gasteiger partial charge < -0.3 is 14.5 Å². The fourth-order valence-electron chi connectivity index (χ4n) is 3.06. The number of likely N-dealkylation sites (tertiary alicyclic amines) is 1. The maximum Gasteiger partial charge on any atom is 0.276 e. The van der Waals surface area contributed by atoms with Crippen molar-refractivity contribution in [1.29, 1.82) is 0 Å². The highest BCUT2D eigenvalue weighted by Crippen LogP contribution is 2.16. The van der Waals surface area contributed by atoms with Crippen LogP contribution in [0.25, 0.3) is 0 Å². The van der Waals surface area contributed by atoms with Crippen molar-refractivity contribution in [2.45, 2.75) is 32.0 Å². The molecule has 0 saturated carbocycles. The molecule has 2 aromatic rings. The molecule has 1 aromatic heterocycles. The molecule has 1 N–H and O–H groups in total. The van der Waals surface area contributed by atoms with Crippen molar-refractivity contribution in [2.75, 3.05) is 20.1 Å². The molecule has 0 bridgehead atoms. The van der Waals surface area contributed by atoms with Crippen molar-refractivity contribution >= 4 is 17.5 Å². The Hall–Kier alpha value is -1.89. The number of β-amino-alcohol motifs (C(OH)–C–C–N with tert-alkyl or cyclic N) is 1. The zero-order chi connectivity index (χ0) is 17.8. The van der Waals surface area contributed by atoms with Gasteiger partial charge in [-0.25, -0.2) is 0 Å². The SMILES string of the molecule is CN(Cc1cccc(Cl)c1)C(=O)c1cc(CN2CCC[C@@H](O)C2)on1. The summed E-state index contributed by atoms with van der Waals surface area (Å²) in [6, 6.07) is 9.09. The lowest BCUT2D eigenvalue weighted by Crippen LogP contribution is -2.37. The van der Waals surface area contributed by atoms with E-state index >= 15 is 0 Å². The number of aromatic nitrogens is 1. The average Bonchev–Trinajstić information content (AvgIpc) is 3.02. The van der Waals surface area contributed by atoms with Crippen molar-refractivity contribution < 1.29 is 14.4 Å². The normalized spacial score (nSPS) is 18.3. The Balaban J connectivity index is 1.59. The minimum atomic E-state index is -0.290. The first kappa shape index (κ1) is 17.9. The van der Waals surface area contributed by atoms with Gasteiger partial charge in [-0.2, -0.15) is 0 Å². The van der Waals surface area contributed by atoms with Crippen LogP contribution in [0.3, 0.4) is 0 Å². The van der Waals surface area contributed by atoms with E-state index < -0.39 is 0 Å². The van der Waals surface area contributed by atoms with Gasteiger partial charge in [-0.05, 0) is 37.1 Å². The predicted molar refractivity (Wildman–Crippen MR) is 94.3 cm³/mol. The van der Waals surface area contributed by atoms with Crippen molar-refractivity contribution in [2.24, 2.45) is 0 Å². The number of carbonyl (C=O) groups is 1. The summed E-state index contributed by atoms with van der Waals surface area (Å²) in [6.07, 6.45) is 1.51. The van der Waals surface area contributed by atoms with Gasteiger partial charge in [0, 0.05) is 31.2 Å².